The van der Waals surface area contributed by atoms with E-state index in [0.717, 1.165) is 17.8 Å². The molecule has 0 aliphatic heterocycles. The van der Waals surface area contributed by atoms with Gasteiger partial charge in [-0.1, -0.05) is 19.9 Å². The van der Waals surface area contributed by atoms with Crippen LogP contribution in [0, 0.1) is 18.8 Å². The molecule has 0 saturated carbocycles. The minimum absolute atomic E-state index is 0.143. The van der Waals surface area contributed by atoms with Crippen molar-refractivity contribution in [3.63, 3.8) is 0 Å². The summed E-state index contributed by atoms with van der Waals surface area (Å²) in [6.45, 7) is 7.40. The molecule has 1 heterocycles. The Labute approximate surface area is 122 Å². The van der Waals surface area contributed by atoms with Gasteiger partial charge in [-0.3, -0.25) is 9.78 Å². The van der Waals surface area contributed by atoms with E-state index in [1.54, 1.807) is 4.90 Å². The summed E-state index contributed by atoms with van der Waals surface area (Å²) in [5.41, 5.74) is 7.66. The van der Waals surface area contributed by atoms with Crippen LogP contribution in [0.1, 0.15) is 38.1 Å². The number of amides is 1. The molecule has 0 bridgehead atoms. The zero-order valence-corrected chi connectivity index (χ0v) is 13.1. The second-order valence-corrected chi connectivity index (χ2v) is 5.96. The maximum atomic E-state index is 12.2. The van der Waals surface area contributed by atoms with Gasteiger partial charge in [0.05, 0.1) is 12.2 Å². The maximum Gasteiger partial charge on any atom is 0.222 e. The number of nitrogens with zero attached hydrogens (tertiary/aromatic N) is 2. The number of pyridine rings is 1. The summed E-state index contributed by atoms with van der Waals surface area (Å²) < 4.78 is 0. The van der Waals surface area contributed by atoms with Crippen molar-refractivity contribution in [1.82, 2.24) is 9.88 Å². The van der Waals surface area contributed by atoms with Crippen molar-refractivity contribution in [3.05, 3.63) is 29.6 Å². The van der Waals surface area contributed by atoms with Crippen LogP contribution in [0.4, 0.5) is 0 Å². The summed E-state index contributed by atoms with van der Waals surface area (Å²) in [5.74, 6) is 0.986. The van der Waals surface area contributed by atoms with Crippen LogP contribution >= 0.6 is 0 Å². The highest BCUT2D eigenvalue weighted by Gasteiger charge is 2.17. The number of nitrogens with two attached hydrogens (primary N) is 1. The summed E-state index contributed by atoms with van der Waals surface area (Å²) in [6, 6.07) is 5.88. The SMILES string of the molecule is Cc1cccc(CN(C)C(=O)CC(CN)CC(C)C)n1. The van der Waals surface area contributed by atoms with Crippen LogP contribution in [-0.2, 0) is 11.3 Å². The van der Waals surface area contributed by atoms with Gasteiger partial charge >= 0.3 is 0 Å². The van der Waals surface area contributed by atoms with Crippen LogP contribution in [0.5, 0.6) is 0 Å². The number of rotatable bonds is 7. The van der Waals surface area contributed by atoms with Gasteiger partial charge in [0.2, 0.25) is 5.91 Å². The fourth-order valence-corrected chi connectivity index (χ4v) is 2.35. The van der Waals surface area contributed by atoms with E-state index in [1.807, 2.05) is 32.2 Å². The first kappa shape index (κ1) is 16.6. The van der Waals surface area contributed by atoms with Gasteiger partial charge in [0.1, 0.15) is 0 Å². The lowest BCUT2D eigenvalue weighted by Crippen LogP contribution is -2.30. The number of carbonyl (C=O) groups excluding carboxylic acids is 1. The molecule has 1 rings (SSSR count). The van der Waals surface area contributed by atoms with Gasteiger partial charge in [0.25, 0.3) is 0 Å². The topological polar surface area (TPSA) is 59.2 Å². The van der Waals surface area contributed by atoms with Crippen LogP contribution in [0.15, 0.2) is 18.2 Å². The zero-order chi connectivity index (χ0) is 15.1. The summed E-state index contributed by atoms with van der Waals surface area (Å²) >= 11 is 0. The third-order valence-corrected chi connectivity index (χ3v) is 3.37. The van der Waals surface area contributed by atoms with Gasteiger partial charge in [-0.05, 0) is 43.9 Å². The zero-order valence-electron chi connectivity index (χ0n) is 13.1. The molecule has 1 amide bonds. The molecule has 4 nitrogen and oxygen atoms in total. The number of aromatic nitrogens is 1. The Hall–Kier alpha value is -1.42. The Morgan fingerprint density at radius 1 is 1.40 bits per heavy atom. The number of hydrogen-bond donors (Lipinski definition) is 1. The molecular formula is C16H27N3O. The fraction of sp³-hybridized carbons (Fsp3) is 0.625. The lowest BCUT2D eigenvalue weighted by Gasteiger charge is -2.21. The molecule has 0 fully saturated rings. The molecular weight excluding hydrogens is 250 g/mol. The fourth-order valence-electron chi connectivity index (χ4n) is 2.35. The lowest BCUT2D eigenvalue weighted by molar-refractivity contribution is -0.131. The van der Waals surface area contributed by atoms with Crippen LogP contribution < -0.4 is 5.73 Å². The first-order chi connectivity index (χ1) is 9.42. The molecule has 0 saturated heterocycles. The Balaban J connectivity index is 2.54. The van der Waals surface area contributed by atoms with E-state index in [1.165, 1.54) is 0 Å². The molecule has 1 atom stereocenters. The quantitative estimate of drug-likeness (QED) is 0.832. The highest BCUT2D eigenvalue weighted by molar-refractivity contribution is 5.76. The minimum atomic E-state index is 0.143. The molecule has 1 unspecified atom stereocenters. The van der Waals surface area contributed by atoms with Gasteiger partial charge in [0, 0.05) is 19.2 Å². The van der Waals surface area contributed by atoms with E-state index >= 15 is 0 Å². The number of hydrogen-bond acceptors (Lipinski definition) is 3. The van der Waals surface area contributed by atoms with Crippen molar-refractivity contribution >= 4 is 5.91 Å². The third kappa shape index (κ3) is 5.70. The van der Waals surface area contributed by atoms with Gasteiger partial charge < -0.3 is 10.6 Å². The summed E-state index contributed by atoms with van der Waals surface area (Å²) in [5, 5.41) is 0. The van der Waals surface area contributed by atoms with E-state index in [0.29, 0.717) is 25.4 Å². The summed E-state index contributed by atoms with van der Waals surface area (Å²) in [7, 11) is 1.83. The molecule has 2 N–H and O–H groups in total. The molecule has 20 heavy (non-hydrogen) atoms. The van der Waals surface area contributed by atoms with Crippen molar-refractivity contribution in [3.8, 4) is 0 Å². The molecule has 4 heteroatoms. The Morgan fingerprint density at radius 2 is 2.10 bits per heavy atom. The van der Waals surface area contributed by atoms with Crippen LogP contribution in [0.25, 0.3) is 0 Å². The standard InChI is InChI=1S/C16H27N3O/c1-12(2)8-14(10-17)9-16(20)19(4)11-15-7-5-6-13(3)18-15/h5-7,12,14H,8-11,17H2,1-4H3. The number of carbonyl (C=O) groups is 1. The molecule has 1 aromatic heterocycles. The van der Waals surface area contributed by atoms with Gasteiger partial charge in [-0.25, -0.2) is 0 Å². The Kier molecular flexibility index (Phi) is 6.65. The van der Waals surface area contributed by atoms with Crippen LogP contribution in [0.2, 0.25) is 0 Å². The molecule has 1 aromatic rings. The molecule has 112 valence electrons. The van der Waals surface area contributed by atoms with Gasteiger partial charge in [0.15, 0.2) is 0 Å². The Morgan fingerprint density at radius 3 is 2.65 bits per heavy atom. The first-order valence-corrected chi connectivity index (χ1v) is 7.29. The highest BCUT2D eigenvalue weighted by Crippen LogP contribution is 2.16. The largest absolute Gasteiger partial charge is 0.340 e. The van der Waals surface area contributed by atoms with E-state index in [9.17, 15) is 4.79 Å². The van der Waals surface area contributed by atoms with E-state index < -0.39 is 0 Å². The predicted molar refractivity (Wildman–Crippen MR) is 82.1 cm³/mol. The number of aryl methyl sites for hydroxylation is 1. The first-order valence-electron chi connectivity index (χ1n) is 7.29. The van der Waals surface area contributed by atoms with Crippen molar-refractivity contribution in [2.45, 2.75) is 40.2 Å². The van der Waals surface area contributed by atoms with Crippen molar-refractivity contribution in [2.75, 3.05) is 13.6 Å². The van der Waals surface area contributed by atoms with E-state index in [4.69, 9.17) is 5.73 Å². The average molecular weight is 277 g/mol. The summed E-state index contributed by atoms with van der Waals surface area (Å²) in [6.07, 6.45) is 1.52. The molecule has 0 aromatic carbocycles. The van der Waals surface area contributed by atoms with Crippen molar-refractivity contribution in [1.29, 1.82) is 0 Å². The van der Waals surface area contributed by atoms with E-state index in [-0.39, 0.29) is 11.8 Å². The molecule has 0 aliphatic rings. The molecule has 0 aliphatic carbocycles. The van der Waals surface area contributed by atoms with Crippen molar-refractivity contribution in [2.24, 2.45) is 17.6 Å². The monoisotopic (exact) mass is 277 g/mol. The summed E-state index contributed by atoms with van der Waals surface area (Å²) in [4.78, 5) is 18.4. The van der Waals surface area contributed by atoms with Crippen LogP contribution in [-0.4, -0.2) is 29.4 Å². The smallest absolute Gasteiger partial charge is 0.222 e. The second kappa shape index (κ2) is 8.00. The highest BCUT2D eigenvalue weighted by atomic mass is 16.2. The minimum Gasteiger partial charge on any atom is -0.340 e. The average Bonchev–Trinajstić information content (AvgIpc) is 2.37. The Bertz CT molecular complexity index is 431. The van der Waals surface area contributed by atoms with Gasteiger partial charge in [-0.2, -0.15) is 0 Å². The lowest BCUT2D eigenvalue weighted by atomic mass is 9.94. The van der Waals surface area contributed by atoms with Gasteiger partial charge in [-0.15, -0.1) is 0 Å². The molecule has 0 spiro atoms. The van der Waals surface area contributed by atoms with E-state index in [2.05, 4.69) is 18.8 Å². The third-order valence-electron chi connectivity index (χ3n) is 3.37. The maximum absolute atomic E-state index is 12.2. The second-order valence-electron chi connectivity index (χ2n) is 5.96. The van der Waals surface area contributed by atoms with Crippen LogP contribution in [0.3, 0.4) is 0 Å². The molecule has 0 radical (unpaired) electrons. The van der Waals surface area contributed by atoms with Crippen molar-refractivity contribution < 1.29 is 4.79 Å². The predicted octanol–water partition coefficient (Wildman–Crippen LogP) is 2.36. The normalized spacial score (nSPS) is 12.5.